The largest absolute Gasteiger partial charge is 0.456 e. The van der Waals surface area contributed by atoms with Gasteiger partial charge in [-0.25, -0.2) is 9.59 Å². The molecule has 2 aliphatic heterocycles. The zero-order valence-corrected chi connectivity index (χ0v) is 21.4. The first kappa shape index (κ1) is 27.1. The van der Waals surface area contributed by atoms with Crippen LogP contribution in [0.15, 0.2) is 65.2 Å². The second-order valence-electron chi connectivity index (χ2n) is 8.82. The summed E-state index contributed by atoms with van der Waals surface area (Å²) in [5, 5.41) is 23.7. The standard InChI is InChI=1S/C26H27N3O8S/c1-16(30)22-20-13-21(23(28(20)24(22)31)25(32)36-14-17-7-3-2-4-8-17)38-12-11-27-26(33)37-15-18-9-5-6-10-19(18)29(34)35/h2-10,16,20,22,30H,11-15H2,1H3,(H,27,33)/t16-,20-,22-/m1/s1. The van der Waals surface area contributed by atoms with Crippen molar-refractivity contribution in [2.75, 3.05) is 12.3 Å². The van der Waals surface area contributed by atoms with Crippen LogP contribution in [0.5, 0.6) is 0 Å². The van der Waals surface area contributed by atoms with Crippen LogP contribution in [0.2, 0.25) is 0 Å². The third-order valence-corrected chi connectivity index (χ3v) is 7.41. The van der Waals surface area contributed by atoms with Gasteiger partial charge in [0.15, 0.2) is 0 Å². The topological polar surface area (TPSA) is 148 Å². The third kappa shape index (κ3) is 5.97. The lowest BCUT2D eigenvalue weighted by atomic mass is 9.83. The van der Waals surface area contributed by atoms with Crippen molar-refractivity contribution in [3.05, 3.63) is 86.4 Å². The van der Waals surface area contributed by atoms with Gasteiger partial charge in [-0.15, -0.1) is 11.8 Å². The Bertz CT molecular complexity index is 1250. The number of hydrogen-bond acceptors (Lipinski definition) is 9. The lowest BCUT2D eigenvalue weighted by Crippen LogP contribution is -2.61. The number of carbonyl (C=O) groups is 3. The molecule has 0 unspecified atom stereocenters. The summed E-state index contributed by atoms with van der Waals surface area (Å²) in [6, 6.07) is 14.9. The van der Waals surface area contributed by atoms with Gasteiger partial charge >= 0.3 is 12.1 Å². The summed E-state index contributed by atoms with van der Waals surface area (Å²) >= 11 is 1.31. The molecule has 2 amide bonds. The van der Waals surface area contributed by atoms with E-state index < -0.39 is 29.0 Å². The summed E-state index contributed by atoms with van der Waals surface area (Å²) in [6.45, 7) is 1.55. The number of nitrogens with zero attached hydrogens (tertiary/aromatic N) is 2. The number of aliphatic hydroxyl groups is 1. The van der Waals surface area contributed by atoms with E-state index in [0.29, 0.717) is 17.1 Å². The first-order valence-corrected chi connectivity index (χ1v) is 13.0. The smallest absolute Gasteiger partial charge is 0.407 e. The van der Waals surface area contributed by atoms with Crippen molar-refractivity contribution in [1.82, 2.24) is 10.2 Å². The van der Waals surface area contributed by atoms with E-state index in [-0.39, 0.29) is 48.7 Å². The van der Waals surface area contributed by atoms with Crippen molar-refractivity contribution in [1.29, 1.82) is 0 Å². The van der Waals surface area contributed by atoms with E-state index in [1.165, 1.54) is 34.9 Å². The molecule has 2 aromatic rings. The first-order valence-electron chi connectivity index (χ1n) is 12.0. The number of nitro benzene ring substituents is 1. The molecule has 12 heteroatoms. The van der Waals surface area contributed by atoms with Crippen molar-refractivity contribution in [2.45, 2.75) is 38.7 Å². The molecule has 0 bridgehead atoms. The molecule has 1 saturated heterocycles. The fourth-order valence-electron chi connectivity index (χ4n) is 4.47. The lowest BCUT2D eigenvalue weighted by Gasteiger charge is -2.44. The number of aliphatic hydroxyl groups excluding tert-OH is 1. The van der Waals surface area contributed by atoms with Gasteiger partial charge in [0.2, 0.25) is 5.91 Å². The monoisotopic (exact) mass is 541 g/mol. The number of hydrogen-bond donors (Lipinski definition) is 2. The molecule has 2 N–H and O–H groups in total. The van der Waals surface area contributed by atoms with Crippen molar-refractivity contribution < 1.29 is 33.9 Å². The van der Waals surface area contributed by atoms with E-state index in [1.807, 2.05) is 30.3 Å². The van der Waals surface area contributed by atoms with Gasteiger partial charge < -0.3 is 24.8 Å². The van der Waals surface area contributed by atoms with Crippen LogP contribution in [0.3, 0.4) is 0 Å². The van der Waals surface area contributed by atoms with Gasteiger partial charge in [-0.2, -0.15) is 0 Å². The minimum Gasteiger partial charge on any atom is -0.456 e. The number of alkyl carbamates (subject to hydrolysis) is 1. The zero-order chi connectivity index (χ0) is 27.2. The summed E-state index contributed by atoms with van der Waals surface area (Å²) in [6.07, 6.45) is -1.17. The Kier molecular flexibility index (Phi) is 8.64. The molecule has 3 atom stereocenters. The average molecular weight is 542 g/mol. The Hall–Kier alpha value is -3.90. The summed E-state index contributed by atoms with van der Waals surface area (Å²) < 4.78 is 10.6. The van der Waals surface area contributed by atoms with E-state index >= 15 is 0 Å². The Labute approximate surface area is 222 Å². The highest BCUT2D eigenvalue weighted by Gasteiger charge is 2.57. The van der Waals surface area contributed by atoms with Crippen molar-refractivity contribution in [3.63, 3.8) is 0 Å². The molecule has 38 heavy (non-hydrogen) atoms. The fourth-order valence-corrected chi connectivity index (χ4v) is 5.53. The number of rotatable bonds is 11. The van der Waals surface area contributed by atoms with Gasteiger partial charge in [-0.3, -0.25) is 14.9 Å². The minimum absolute atomic E-state index is 0.0562. The molecule has 0 aliphatic carbocycles. The number of ether oxygens (including phenoxy) is 2. The molecule has 2 aliphatic rings. The highest BCUT2D eigenvalue weighted by atomic mass is 32.2. The minimum atomic E-state index is -0.841. The molecule has 0 aromatic heterocycles. The number of thioether (sulfide) groups is 1. The molecule has 11 nitrogen and oxygen atoms in total. The predicted molar refractivity (Wildman–Crippen MR) is 137 cm³/mol. The van der Waals surface area contributed by atoms with E-state index in [2.05, 4.69) is 5.32 Å². The maximum atomic E-state index is 13.0. The van der Waals surface area contributed by atoms with Gasteiger partial charge in [0, 0.05) is 29.7 Å². The SMILES string of the molecule is C[C@@H](O)[C@H]1C(=O)N2C(C(=O)OCc3ccccc3)=C(SCCNC(=O)OCc3ccccc3[N+](=O)[O-])C[C@H]12. The van der Waals surface area contributed by atoms with Gasteiger partial charge in [0.05, 0.1) is 28.6 Å². The van der Waals surface area contributed by atoms with Crippen LogP contribution in [0.1, 0.15) is 24.5 Å². The summed E-state index contributed by atoms with van der Waals surface area (Å²) in [7, 11) is 0. The summed E-state index contributed by atoms with van der Waals surface area (Å²) in [4.78, 5) is 50.4. The molecule has 1 fully saturated rings. The molecule has 0 saturated carbocycles. The Morgan fingerprint density at radius 3 is 2.58 bits per heavy atom. The van der Waals surface area contributed by atoms with Gasteiger partial charge in [0.1, 0.15) is 18.9 Å². The number of esters is 1. The van der Waals surface area contributed by atoms with Crippen LogP contribution in [0, 0.1) is 16.0 Å². The Morgan fingerprint density at radius 1 is 1.16 bits per heavy atom. The Morgan fingerprint density at radius 2 is 1.87 bits per heavy atom. The quantitative estimate of drug-likeness (QED) is 0.144. The first-order chi connectivity index (χ1) is 18.3. The van der Waals surface area contributed by atoms with Crippen LogP contribution in [0.25, 0.3) is 0 Å². The molecular weight excluding hydrogens is 514 g/mol. The number of amides is 2. The van der Waals surface area contributed by atoms with E-state index in [4.69, 9.17) is 9.47 Å². The van der Waals surface area contributed by atoms with E-state index in [9.17, 15) is 29.6 Å². The number of nitrogens with one attached hydrogen (secondary N) is 1. The highest BCUT2D eigenvalue weighted by Crippen LogP contribution is 2.47. The molecule has 0 radical (unpaired) electrons. The lowest BCUT2D eigenvalue weighted by molar-refractivity contribution is -0.385. The molecule has 4 rings (SSSR count). The fraction of sp³-hybridized carbons (Fsp3) is 0.346. The van der Waals surface area contributed by atoms with Gasteiger partial charge in [-0.1, -0.05) is 42.5 Å². The Balaban J connectivity index is 1.33. The number of nitro groups is 1. The number of carbonyl (C=O) groups excluding carboxylic acids is 3. The molecular formula is C26H27N3O8S. The zero-order valence-electron chi connectivity index (χ0n) is 20.6. The molecule has 2 heterocycles. The van der Waals surface area contributed by atoms with E-state index in [1.54, 1.807) is 13.0 Å². The summed E-state index contributed by atoms with van der Waals surface area (Å²) in [5.74, 6) is -1.14. The van der Waals surface area contributed by atoms with Crippen LogP contribution >= 0.6 is 11.8 Å². The number of β-lactam (4-membered cyclic amide) rings is 1. The molecule has 2 aromatic carbocycles. The molecule has 0 spiro atoms. The number of benzene rings is 2. The van der Waals surface area contributed by atoms with Crippen molar-refractivity contribution in [3.8, 4) is 0 Å². The average Bonchev–Trinajstić information content (AvgIpc) is 3.23. The third-order valence-electron chi connectivity index (χ3n) is 6.29. The molecule has 200 valence electrons. The second-order valence-corrected chi connectivity index (χ2v) is 10.0. The maximum Gasteiger partial charge on any atom is 0.407 e. The maximum absolute atomic E-state index is 13.0. The second kappa shape index (κ2) is 12.1. The predicted octanol–water partition coefficient (Wildman–Crippen LogP) is 3.12. The van der Waals surface area contributed by atoms with Crippen LogP contribution < -0.4 is 5.32 Å². The van der Waals surface area contributed by atoms with Gasteiger partial charge in [0.25, 0.3) is 5.69 Å². The van der Waals surface area contributed by atoms with Crippen molar-refractivity contribution in [2.24, 2.45) is 5.92 Å². The normalized spacial score (nSPS) is 18.9. The van der Waals surface area contributed by atoms with Crippen LogP contribution in [-0.4, -0.2) is 57.3 Å². The number of para-hydroxylation sites is 1. The highest BCUT2D eigenvalue weighted by molar-refractivity contribution is 8.03. The summed E-state index contributed by atoms with van der Waals surface area (Å²) in [5.41, 5.74) is 1.13. The van der Waals surface area contributed by atoms with Crippen molar-refractivity contribution >= 4 is 35.4 Å². The van der Waals surface area contributed by atoms with E-state index in [0.717, 1.165) is 5.56 Å². The van der Waals surface area contributed by atoms with Crippen LogP contribution in [0.4, 0.5) is 10.5 Å². The van der Waals surface area contributed by atoms with Gasteiger partial charge in [-0.05, 0) is 18.6 Å². The van der Waals surface area contributed by atoms with Crippen LogP contribution in [-0.2, 0) is 32.3 Å². The number of fused-ring (bicyclic) bond motifs is 1.